The second-order valence-corrected chi connectivity index (χ2v) is 21.1. The lowest BCUT2D eigenvalue weighted by molar-refractivity contribution is -0.143. The number of carboxylic acids is 1. The van der Waals surface area contributed by atoms with Crippen molar-refractivity contribution in [1.82, 2.24) is 42.1 Å². The molecule has 1 fully saturated rings. The lowest BCUT2D eigenvalue weighted by Gasteiger charge is -2.31. The van der Waals surface area contributed by atoms with Gasteiger partial charge in [-0.05, 0) is 113 Å². The number of likely N-dealkylation sites (tertiary alicyclic amines) is 1. The molecule has 0 aromatic heterocycles. The molecule has 1 aliphatic rings. The number of hydrogen-bond acceptors (Lipinski definition) is 15. The van der Waals surface area contributed by atoms with E-state index in [1.54, 1.807) is 13.8 Å². The molecule has 0 aromatic carbocycles. The lowest BCUT2D eigenvalue weighted by Crippen LogP contribution is -2.60. The Morgan fingerprint density at radius 1 is 0.613 bits per heavy atom. The summed E-state index contributed by atoms with van der Waals surface area (Å²) in [5.41, 5.74) is 27.7. The van der Waals surface area contributed by atoms with Crippen LogP contribution in [0, 0.1) is 17.8 Å². The molecule has 0 radical (unpaired) electrons. The Morgan fingerprint density at radius 2 is 1.09 bits per heavy atom. The van der Waals surface area contributed by atoms with Gasteiger partial charge < -0.3 is 81.0 Å². The van der Waals surface area contributed by atoms with Crippen molar-refractivity contribution in [3.05, 3.63) is 0 Å². The molecule has 1 saturated heterocycles. The van der Waals surface area contributed by atoms with Crippen LogP contribution in [0.4, 0.5) is 0 Å². The summed E-state index contributed by atoms with van der Waals surface area (Å²) >= 11 is 1.41. The van der Waals surface area contributed by atoms with Gasteiger partial charge in [-0.2, -0.15) is 11.8 Å². The van der Waals surface area contributed by atoms with E-state index >= 15 is 0 Å². The zero-order valence-corrected chi connectivity index (χ0v) is 45.6. The SMILES string of the molecule is CSCCC(NC(=O)C(CCCCN)NC(=O)C(CO)NC(=O)C(N)CC(C)C)C(=O)N1CCCC1C(=O)NC(CC(C)C)C(=O)NC(CC(C)C)C(=O)NC(CCC(N)=O)C(=O)NC(CCCN=C(N)N)C(=O)O. The number of aliphatic carboxylic acids is 1. The highest BCUT2D eigenvalue weighted by molar-refractivity contribution is 7.98. The highest BCUT2D eigenvalue weighted by atomic mass is 32.2. The van der Waals surface area contributed by atoms with E-state index < -0.39 is 120 Å². The molecule has 9 amide bonds. The number of carbonyl (C=O) groups is 10. The Morgan fingerprint density at radius 3 is 1.60 bits per heavy atom. The first-order valence-electron chi connectivity index (χ1n) is 25.8. The van der Waals surface area contributed by atoms with Crippen LogP contribution in [0.25, 0.3) is 0 Å². The van der Waals surface area contributed by atoms with Crippen molar-refractivity contribution in [2.45, 2.75) is 179 Å². The van der Waals surface area contributed by atoms with Gasteiger partial charge in [0.1, 0.15) is 48.3 Å². The normalized spacial score (nSPS) is 16.5. The van der Waals surface area contributed by atoms with Crippen LogP contribution in [0.5, 0.6) is 0 Å². The van der Waals surface area contributed by atoms with Crippen molar-refractivity contribution < 1.29 is 58.2 Å². The van der Waals surface area contributed by atoms with Crippen LogP contribution in [0.15, 0.2) is 4.99 Å². The molecule has 9 unspecified atom stereocenters. The summed E-state index contributed by atoms with van der Waals surface area (Å²) < 4.78 is 0. The largest absolute Gasteiger partial charge is 0.480 e. The Hall–Kier alpha value is -5.80. The number of nitrogens with zero attached hydrogens (tertiary/aromatic N) is 2. The van der Waals surface area contributed by atoms with E-state index in [9.17, 15) is 58.2 Å². The van der Waals surface area contributed by atoms with Gasteiger partial charge in [0, 0.05) is 19.5 Å². The Labute approximate surface area is 444 Å². The number of guanidine groups is 1. The molecule has 1 rings (SSSR count). The van der Waals surface area contributed by atoms with Gasteiger partial charge in [-0.25, -0.2) is 4.79 Å². The molecular formula is C48H88N14O12S. The van der Waals surface area contributed by atoms with E-state index in [2.05, 4.69) is 42.2 Å². The number of amides is 9. The van der Waals surface area contributed by atoms with E-state index in [-0.39, 0.29) is 94.6 Å². The molecule has 27 heteroatoms. The first-order chi connectivity index (χ1) is 35.3. The second kappa shape index (κ2) is 35.5. The fourth-order valence-electron chi connectivity index (χ4n) is 8.20. The molecular weight excluding hydrogens is 997 g/mol. The van der Waals surface area contributed by atoms with E-state index in [1.807, 2.05) is 34.0 Å². The molecule has 1 heterocycles. The van der Waals surface area contributed by atoms with E-state index in [1.165, 1.54) is 16.7 Å². The van der Waals surface area contributed by atoms with Gasteiger partial charge in [-0.3, -0.25) is 48.1 Å². The summed E-state index contributed by atoms with van der Waals surface area (Å²) in [6, 6.07) is -11.1. The number of aliphatic imine (C=N–C) groups is 1. The number of nitrogens with two attached hydrogens (primary N) is 5. The standard InChI is InChI=1S/C48H88N14O12S/c1-26(2)22-29(50)39(65)61-36(25-63)44(70)55-30(12-8-9-18-49)40(66)57-32(17-21-75-7)46(72)62-20-11-14-37(62)45(71)60-35(24-28(5)6)43(69)59-34(23-27(3)4)42(68)56-31(15-16-38(51)64)41(67)58-33(47(73)74)13-10-19-54-48(52)53/h26-37,63H,8-25,49-50H2,1-7H3,(H2,51,64)(H,55,70)(H,56,68)(H,57,66)(H,58,67)(H,59,69)(H,60,71)(H,61,65)(H,73,74)(H4,52,53,54). The molecule has 0 spiro atoms. The van der Waals surface area contributed by atoms with Gasteiger partial charge in [0.05, 0.1) is 12.6 Å². The number of aliphatic hydroxyl groups excluding tert-OH is 1. The first kappa shape index (κ1) is 67.2. The van der Waals surface area contributed by atoms with Crippen molar-refractivity contribution in [3.8, 4) is 0 Å². The molecule has 428 valence electrons. The summed E-state index contributed by atoms with van der Waals surface area (Å²) in [6.45, 7) is 10.7. The summed E-state index contributed by atoms with van der Waals surface area (Å²) in [5.74, 6) is -8.16. The third-order valence-corrected chi connectivity index (χ3v) is 12.7. The maximum Gasteiger partial charge on any atom is 0.326 e. The molecule has 9 atom stereocenters. The first-order valence-corrected chi connectivity index (χ1v) is 27.2. The van der Waals surface area contributed by atoms with E-state index in [0.29, 0.717) is 38.0 Å². The van der Waals surface area contributed by atoms with Gasteiger partial charge in [-0.1, -0.05) is 41.5 Å². The van der Waals surface area contributed by atoms with Gasteiger partial charge in [0.2, 0.25) is 53.2 Å². The molecule has 1 aliphatic heterocycles. The summed E-state index contributed by atoms with van der Waals surface area (Å²) in [4.78, 5) is 139. The maximum atomic E-state index is 14.4. The molecule has 75 heavy (non-hydrogen) atoms. The zero-order valence-electron chi connectivity index (χ0n) is 44.8. The van der Waals surface area contributed by atoms with Crippen molar-refractivity contribution in [3.63, 3.8) is 0 Å². The number of primary amides is 1. The van der Waals surface area contributed by atoms with Crippen LogP contribution in [0.2, 0.25) is 0 Å². The van der Waals surface area contributed by atoms with Crippen LogP contribution >= 0.6 is 11.8 Å². The molecule has 0 aliphatic carbocycles. The van der Waals surface area contributed by atoms with Crippen molar-refractivity contribution in [1.29, 1.82) is 0 Å². The molecule has 0 bridgehead atoms. The molecule has 0 aromatic rings. The number of rotatable bonds is 37. The van der Waals surface area contributed by atoms with Crippen LogP contribution in [0.1, 0.15) is 125 Å². The van der Waals surface area contributed by atoms with Crippen LogP contribution in [-0.4, -0.2) is 173 Å². The van der Waals surface area contributed by atoms with Gasteiger partial charge in [-0.15, -0.1) is 0 Å². The van der Waals surface area contributed by atoms with E-state index in [4.69, 9.17) is 28.7 Å². The maximum absolute atomic E-state index is 14.4. The van der Waals surface area contributed by atoms with Crippen LogP contribution < -0.4 is 65.9 Å². The number of aliphatic hydroxyl groups is 1. The highest BCUT2D eigenvalue weighted by Gasteiger charge is 2.40. The fraction of sp³-hybridized carbons (Fsp3) is 0.771. The van der Waals surface area contributed by atoms with Crippen molar-refractivity contribution >= 4 is 76.9 Å². The quantitative estimate of drug-likeness (QED) is 0.0169. The lowest BCUT2D eigenvalue weighted by atomic mass is 9.99. The third kappa shape index (κ3) is 26.0. The Balaban J connectivity index is 3.39. The number of hydrogen-bond donors (Lipinski definition) is 14. The number of carboxylic acid groups (broad SMARTS) is 1. The summed E-state index contributed by atoms with van der Waals surface area (Å²) in [5, 5.41) is 38.1. The number of thioether (sulfide) groups is 1. The molecule has 26 nitrogen and oxygen atoms in total. The third-order valence-electron chi connectivity index (χ3n) is 12.1. The van der Waals surface area contributed by atoms with E-state index in [0.717, 1.165) is 0 Å². The summed E-state index contributed by atoms with van der Waals surface area (Å²) in [7, 11) is 0. The van der Waals surface area contributed by atoms with Crippen LogP contribution in [-0.2, 0) is 47.9 Å². The minimum atomic E-state index is -1.45. The van der Waals surface area contributed by atoms with Crippen molar-refractivity contribution in [2.24, 2.45) is 51.4 Å². The highest BCUT2D eigenvalue weighted by Crippen LogP contribution is 2.21. The molecule has 19 N–H and O–H groups in total. The summed E-state index contributed by atoms with van der Waals surface area (Å²) in [6.07, 6.45) is 3.55. The smallest absolute Gasteiger partial charge is 0.326 e. The zero-order chi connectivity index (χ0) is 56.9. The monoisotopic (exact) mass is 1080 g/mol. The van der Waals surface area contributed by atoms with Crippen LogP contribution in [0.3, 0.4) is 0 Å². The number of unbranched alkanes of at least 4 members (excludes halogenated alkanes) is 1. The minimum Gasteiger partial charge on any atom is -0.480 e. The second-order valence-electron chi connectivity index (χ2n) is 20.2. The van der Waals surface area contributed by atoms with Gasteiger partial charge in [0.15, 0.2) is 5.96 Å². The average Bonchev–Trinajstić information content (AvgIpc) is 3.82. The Bertz CT molecular complexity index is 1920. The number of nitrogens with one attached hydrogen (secondary N) is 7. The average molecular weight is 1090 g/mol. The minimum absolute atomic E-state index is 0.0595. The fourth-order valence-corrected chi connectivity index (χ4v) is 8.67. The predicted octanol–water partition coefficient (Wildman–Crippen LogP) is -2.89. The van der Waals surface area contributed by atoms with Crippen molar-refractivity contribution in [2.75, 3.05) is 38.2 Å². The molecule has 0 saturated carbocycles. The van der Waals surface area contributed by atoms with Gasteiger partial charge >= 0.3 is 5.97 Å². The Kier molecular flexibility index (Phi) is 31.8. The number of carbonyl (C=O) groups excluding carboxylic acids is 9. The van der Waals surface area contributed by atoms with Gasteiger partial charge in [0.25, 0.3) is 0 Å². The predicted molar refractivity (Wildman–Crippen MR) is 284 cm³/mol. The topological polar surface area (TPSA) is 441 Å².